The second kappa shape index (κ2) is 8.89. The number of hydrogen-bond donors (Lipinski definition) is 2. The molecule has 0 unspecified atom stereocenters. The number of halogens is 1. The molecule has 0 heterocycles. The first-order valence-corrected chi connectivity index (χ1v) is 10.3. The van der Waals surface area contributed by atoms with Crippen LogP contribution in [0, 0.1) is 0 Å². The molecule has 2 aromatic rings. The lowest BCUT2D eigenvalue weighted by molar-refractivity contribution is 0.446. The van der Waals surface area contributed by atoms with E-state index in [0.717, 1.165) is 24.8 Å². The van der Waals surface area contributed by atoms with Gasteiger partial charge in [-0.2, -0.15) is 0 Å². The van der Waals surface area contributed by atoms with E-state index in [4.69, 9.17) is 0 Å². The van der Waals surface area contributed by atoms with Gasteiger partial charge in [0.1, 0.15) is 10.6 Å². The number of phenols is 1. The highest BCUT2D eigenvalue weighted by molar-refractivity contribution is 7.90. The minimum Gasteiger partial charge on any atom is -0.506 e. The van der Waals surface area contributed by atoms with E-state index in [-0.39, 0.29) is 28.5 Å². The van der Waals surface area contributed by atoms with Crippen LogP contribution in [-0.2, 0) is 28.2 Å². The number of nitrogens with one attached hydrogen (secondary N) is 1. The minimum absolute atomic E-state index is 0. The third-order valence-corrected chi connectivity index (χ3v) is 5.28. The molecule has 0 atom stereocenters. The van der Waals surface area contributed by atoms with Gasteiger partial charge in [-0.15, -0.1) is 12.4 Å². The largest absolute Gasteiger partial charge is 0.506 e. The van der Waals surface area contributed by atoms with Gasteiger partial charge in [-0.05, 0) is 35.6 Å². The molecule has 0 radical (unpaired) electrons. The predicted molar refractivity (Wildman–Crippen MR) is 109 cm³/mol. The van der Waals surface area contributed by atoms with Gasteiger partial charge < -0.3 is 10.4 Å². The Kier molecular flexibility index (Phi) is 7.69. The van der Waals surface area contributed by atoms with Crippen molar-refractivity contribution in [2.75, 3.05) is 12.8 Å². The monoisotopic (exact) mass is 397 g/mol. The number of benzene rings is 2. The van der Waals surface area contributed by atoms with E-state index in [1.54, 1.807) is 6.07 Å². The molecular formula is C20H28ClNO3S. The topological polar surface area (TPSA) is 66.4 Å². The van der Waals surface area contributed by atoms with Crippen molar-refractivity contribution >= 4 is 22.2 Å². The average molecular weight is 398 g/mol. The van der Waals surface area contributed by atoms with Crippen molar-refractivity contribution in [3.63, 3.8) is 0 Å². The Balaban J connectivity index is 0.00000338. The molecule has 0 spiro atoms. The first kappa shape index (κ1) is 22.5. The van der Waals surface area contributed by atoms with Crippen molar-refractivity contribution in [1.29, 1.82) is 0 Å². The summed E-state index contributed by atoms with van der Waals surface area (Å²) in [5, 5.41) is 13.7. The summed E-state index contributed by atoms with van der Waals surface area (Å²) in [7, 11) is -3.49. The second-order valence-corrected chi connectivity index (χ2v) is 9.40. The lowest BCUT2D eigenvalue weighted by Crippen LogP contribution is -2.19. The molecule has 4 nitrogen and oxygen atoms in total. The summed E-state index contributed by atoms with van der Waals surface area (Å²) in [5.41, 5.74) is 2.54. The van der Waals surface area contributed by atoms with E-state index < -0.39 is 9.84 Å². The molecule has 0 amide bonds. The molecule has 6 heteroatoms. The number of aromatic hydroxyl groups is 1. The fraction of sp³-hybridized carbons (Fsp3) is 0.400. The SMILES string of the molecule is CC(C)(C)c1cc(CNCCc2ccccc2)c(O)c(S(C)(=O)=O)c1.Cl. The molecule has 0 aliphatic heterocycles. The number of rotatable bonds is 6. The summed E-state index contributed by atoms with van der Waals surface area (Å²) in [5.74, 6) is -0.150. The van der Waals surface area contributed by atoms with E-state index in [1.165, 1.54) is 5.56 Å². The maximum Gasteiger partial charge on any atom is 0.179 e. The maximum atomic E-state index is 12.0. The molecule has 26 heavy (non-hydrogen) atoms. The zero-order valence-corrected chi connectivity index (χ0v) is 17.4. The van der Waals surface area contributed by atoms with Crippen LogP contribution in [0.15, 0.2) is 47.4 Å². The summed E-state index contributed by atoms with van der Waals surface area (Å²) < 4.78 is 24.0. The van der Waals surface area contributed by atoms with Gasteiger partial charge in [-0.1, -0.05) is 57.2 Å². The van der Waals surface area contributed by atoms with Crippen LogP contribution >= 0.6 is 12.4 Å². The smallest absolute Gasteiger partial charge is 0.179 e. The summed E-state index contributed by atoms with van der Waals surface area (Å²) >= 11 is 0. The first-order chi connectivity index (χ1) is 11.6. The molecule has 0 fully saturated rings. The summed E-state index contributed by atoms with van der Waals surface area (Å²) in [4.78, 5) is -0.000200. The highest BCUT2D eigenvalue weighted by Gasteiger charge is 2.22. The van der Waals surface area contributed by atoms with Crippen LogP contribution < -0.4 is 5.32 Å². The lowest BCUT2D eigenvalue weighted by Gasteiger charge is -2.22. The summed E-state index contributed by atoms with van der Waals surface area (Å²) in [6.45, 7) is 7.25. The Morgan fingerprint density at radius 3 is 2.23 bits per heavy atom. The van der Waals surface area contributed by atoms with Crippen molar-refractivity contribution in [3.05, 3.63) is 59.2 Å². The summed E-state index contributed by atoms with van der Waals surface area (Å²) in [6, 6.07) is 13.6. The first-order valence-electron chi connectivity index (χ1n) is 8.40. The van der Waals surface area contributed by atoms with Crippen LogP contribution in [0.5, 0.6) is 5.75 Å². The molecule has 0 saturated heterocycles. The van der Waals surface area contributed by atoms with Crippen LogP contribution in [0.3, 0.4) is 0 Å². The maximum absolute atomic E-state index is 12.0. The Bertz CT molecular complexity index is 828. The van der Waals surface area contributed by atoms with E-state index in [1.807, 2.05) is 45.0 Å². The van der Waals surface area contributed by atoms with Crippen LogP contribution in [0.2, 0.25) is 0 Å². The Labute approximate surface area is 163 Å². The highest BCUT2D eigenvalue weighted by Crippen LogP contribution is 2.33. The normalized spacial score (nSPS) is 11.8. The van der Waals surface area contributed by atoms with Gasteiger partial charge in [0, 0.05) is 18.4 Å². The van der Waals surface area contributed by atoms with Crippen LogP contribution in [0.4, 0.5) is 0 Å². The van der Waals surface area contributed by atoms with E-state index >= 15 is 0 Å². The molecule has 0 bridgehead atoms. The zero-order chi connectivity index (χ0) is 18.7. The predicted octanol–water partition coefficient (Wildman–Crippen LogP) is 3.85. The zero-order valence-electron chi connectivity index (χ0n) is 15.7. The van der Waals surface area contributed by atoms with Crippen molar-refractivity contribution in [3.8, 4) is 5.75 Å². The van der Waals surface area contributed by atoms with Crippen molar-refractivity contribution in [2.45, 2.75) is 44.0 Å². The molecule has 0 aliphatic rings. The van der Waals surface area contributed by atoms with Gasteiger partial charge in [-0.3, -0.25) is 0 Å². The van der Waals surface area contributed by atoms with E-state index in [0.29, 0.717) is 12.1 Å². The molecule has 0 saturated carbocycles. The Hall–Kier alpha value is -1.56. The van der Waals surface area contributed by atoms with Gasteiger partial charge in [0.05, 0.1) is 0 Å². The van der Waals surface area contributed by atoms with Crippen molar-refractivity contribution in [1.82, 2.24) is 5.32 Å². The van der Waals surface area contributed by atoms with Crippen LogP contribution in [-0.4, -0.2) is 26.3 Å². The van der Waals surface area contributed by atoms with Gasteiger partial charge in [-0.25, -0.2) is 8.42 Å². The van der Waals surface area contributed by atoms with Gasteiger partial charge in [0.2, 0.25) is 0 Å². The Morgan fingerprint density at radius 1 is 1.08 bits per heavy atom. The lowest BCUT2D eigenvalue weighted by atomic mass is 9.86. The number of phenolic OH excluding ortho intramolecular Hbond substituents is 1. The van der Waals surface area contributed by atoms with Crippen LogP contribution in [0.1, 0.15) is 37.5 Å². The second-order valence-electron chi connectivity index (χ2n) is 7.42. The van der Waals surface area contributed by atoms with Gasteiger partial charge in [0.15, 0.2) is 9.84 Å². The van der Waals surface area contributed by atoms with E-state index in [2.05, 4.69) is 17.4 Å². The van der Waals surface area contributed by atoms with Crippen molar-refractivity contribution < 1.29 is 13.5 Å². The molecule has 144 valence electrons. The van der Waals surface area contributed by atoms with E-state index in [9.17, 15) is 13.5 Å². The molecule has 2 rings (SSSR count). The molecular weight excluding hydrogens is 370 g/mol. The molecule has 0 aromatic heterocycles. The molecule has 2 aromatic carbocycles. The molecule has 2 N–H and O–H groups in total. The van der Waals surface area contributed by atoms with Gasteiger partial charge >= 0.3 is 0 Å². The Morgan fingerprint density at radius 2 is 1.69 bits per heavy atom. The highest BCUT2D eigenvalue weighted by atomic mass is 35.5. The fourth-order valence-corrected chi connectivity index (χ4v) is 3.44. The third kappa shape index (κ3) is 6.01. The average Bonchev–Trinajstić information content (AvgIpc) is 2.51. The minimum atomic E-state index is -3.49. The standard InChI is InChI=1S/C20H27NO3S.ClH/c1-20(2,3)17-12-16(19(22)18(13-17)25(4,23)24)14-21-11-10-15-8-6-5-7-9-15;/h5-9,12-13,21-22H,10-11,14H2,1-4H3;1H. The number of hydrogen-bond acceptors (Lipinski definition) is 4. The molecule has 0 aliphatic carbocycles. The quantitative estimate of drug-likeness (QED) is 0.726. The third-order valence-electron chi connectivity index (χ3n) is 4.17. The fourth-order valence-electron chi connectivity index (χ4n) is 2.62. The van der Waals surface area contributed by atoms with Crippen LogP contribution in [0.25, 0.3) is 0 Å². The van der Waals surface area contributed by atoms with Gasteiger partial charge in [0.25, 0.3) is 0 Å². The number of sulfone groups is 1. The summed E-state index contributed by atoms with van der Waals surface area (Å²) in [6.07, 6.45) is 2.00. The van der Waals surface area contributed by atoms with Crippen molar-refractivity contribution in [2.24, 2.45) is 0 Å².